The van der Waals surface area contributed by atoms with Crippen molar-refractivity contribution >= 4 is 17.8 Å². The maximum atomic E-state index is 11.9. The number of hydrogen-bond acceptors (Lipinski definition) is 5. The van der Waals surface area contributed by atoms with Crippen molar-refractivity contribution in [1.82, 2.24) is 5.32 Å². The van der Waals surface area contributed by atoms with E-state index in [4.69, 9.17) is 9.84 Å². The number of carbonyl (C=O) groups excluding carboxylic acids is 2. The lowest BCUT2D eigenvalue weighted by atomic mass is 9.96. The molecule has 1 unspecified atom stereocenters. The van der Waals surface area contributed by atoms with Crippen molar-refractivity contribution < 1.29 is 29.3 Å². The van der Waals surface area contributed by atoms with E-state index in [0.29, 0.717) is 0 Å². The first kappa shape index (κ1) is 18.4. The van der Waals surface area contributed by atoms with Gasteiger partial charge in [0, 0.05) is 6.42 Å². The lowest BCUT2D eigenvalue weighted by Gasteiger charge is -2.25. The SMILES string of the molecule is CC(C)[C@H](NC(=O)OC(C)(C)C)C(=O)CC(O)C(=O)O. The average molecular weight is 289 g/mol. The lowest BCUT2D eigenvalue weighted by Crippen LogP contribution is -2.47. The fourth-order valence-electron chi connectivity index (χ4n) is 1.46. The lowest BCUT2D eigenvalue weighted by molar-refractivity contribution is -0.149. The zero-order valence-electron chi connectivity index (χ0n) is 12.5. The molecular formula is C13H23NO6. The van der Waals surface area contributed by atoms with Gasteiger partial charge in [-0.25, -0.2) is 9.59 Å². The molecule has 0 aromatic carbocycles. The number of alkyl carbamates (subject to hydrolysis) is 1. The summed E-state index contributed by atoms with van der Waals surface area (Å²) in [6, 6.07) is -0.904. The zero-order chi connectivity index (χ0) is 16.1. The molecule has 0 bridgehead atoms. The Kier molecular flexibility index (Phi) is 6.64. The zero-order valence-corrected chi connectivity index (χ0v) is 12.5. The molecule has 7 nitrogen and oxygen atoms in total. The molecule has 0 heterocycles. The predicted octanol–water partition coefficient (Wildman–Crippen LogP) is 0.940. The third kappa shape index (κ3) is 7.08. The van der Waals surface area contributed by atoms with Gasteiger partial charge in [0.2, 0.25) is 0 Å². The number of amides is 1. The first-order chi connectivity index (χ1) is 8.94. The summed E-state index contributed by atoms with van der Waals surface area (Å²) in [5.41, 5.74) is -0.699. The van der Waals surface area contributed by atoms with Gasteiger partial charge < -0.3 is 20.3 Å². The molecule has 7 heteroatoms. The summed E-state index contributed by atoms with van der Waals surface area (Å²) in [7, 11) is 0. The van der Waals surface area contributed by atoms with Gasteiger partial charge in [0.25, 0.3) is 0 Å². The van der Waals surface area contributed by atoms with Crippen LogP contribution in [-0.2, 0) is 14.3 Å². The Morgan fingerprint density at radius 2 is 1.70 bits per heavy atom. The Bertz CT molecular complexity index is 372. The summed E-state index contributed by atoms with van der Waals surface area (Å²) in [6.45, 7) is 8.47. The predicted molar refractivity (Wildman–Crippen MR) is 71.3 cm³/mol. The number of rotatable bonds is 6. The van der Waals surface area contributed by atoms with E-state index in [1.165, 1.54) is 0 Å². The highest BCUT2D eigenvalue weighted by Gasteiger charge is 2.29. The number of aliphatic hydroxyl groups excluding tert-OH is 1. The van der Waals surface area contributed by atoms with Crippen LogP contribution in [0, 0.1) is 5.92 Å². The van der Waals surface area contributed by atoms with Crippen LogP contribution in [0.4, 0.5) is 4.79 Å². The molecule has 0 aromatic rings. The Labute approximate surface area is 118 Å². The maximum absolute atomic E-state index is 11.9. The second kappa shape index (κ2) is 7.23. The van der Waals surface area contributed by atoms with Gasteiger partial charge in [-0.05, 0) is 26.7 Å². The van der Waals surface area contributed by atoms with E-state index in [9.17, 15) is 19.5 Å². The molecule has 116 valence electrons. The molecule has 0 aromatic heterocycles. The number of aliphatic hydroxyl groups is 1. The van der Waals surface area contributed by atoms with Gasteiger partial charge in [-0.1, -0.05) is 13.8 Å². The Morgan fingerprint density at radius 1 is 1.20 bits per heavy atom. The number of carboxylic acid groups (broad SMARTS) is 1. The minimum atomic E-state index is -1.77. The smallest absolute Gasteiger partial charge is 0.408 e. The molecule has 0 radical (unpaired) electrons. The number of ketones is 1. The van der Waals surface area contributed by atoms with Crippen molar-refractivity contribution in [2.45, 2.75) is 58.8 Å². The van der Waals surface area contributed by atoms with Crippen molar-refractivity contribution in [3.8, 4) is 0 Å². The molecule has 0 aliphatic heterocycles. The molecule has 3 N–H and O–H groups in total. The monoisotopic (exact) mass is 289 g/mol. The summed E-state index contributed by atoms with van der Waals surface area (Å²) in [5, 5.41) is 20.2. The molecule has 1 amide bonds. The first-order valence-corrected chi connectivity index (χ1v) is 6.37. The number of carbonyl (C=O) groups is 3. The standard InChI is InChI=1S/C13H23NO6/c1-7(2)10(8(15)6-9(16)11(17)18)14-12(19)20-13(3,4)5/h7,9-10,16H,6H2,1-5H3,(H,14,19)(H,17,18)/t9?,10-/m0/s1. The summed E-state index contributed by atoms with van der Waals surface area (Å²) in [4.78, 5) is 34.1. The van der Waals surface area contributed by atoms with Crippen molar-refractivity contribution in [3.05, 3.63) is 0 Å². The topological polar surface area (TPSA) is 113 Å². The minimum Gasteiger partial charge on any atom is -0.479 e. The van der Waals surface area contributed by atoms with Crippen molar-refractivity contribution in [1.29, 1.82) is 0 Å². The van der Waals surface area contributed by atoms with Crippen LogP contribution < -0.4 is 5.32 Å². The van der Waals surface area contributed by atoms with Crippen LogP contribution in [0.2, 0.25) is 0 Å². The quantitative estimate of drug-likeness (QED) is 0.670. The minimum absolute atomic E-state index is 0.254. The average Bonchev–Trinajstić information content (AvgIpc) is 2.22. The Hall–Kier alpha value is -1.63. The Morgan fingerprint density at radius 3 is 2.05 bits per heavy atom. The van der Waals surface area contributed by atoms with Crippen LogP contribution in [0.25, 0.3) is 0 Å². The molecule has 2 atom stereocenters. The van der Waals surface area contributed by atoms with E-state index in [2.05, 4.69) is 5.32 Å². The summed E-state index contributed by atoms with van der Waals surface area (Å²) in [5.74, 6) is -2.28. The third-order valence-corrected chi connectivity index (χ3v) is 2.37. The summed E-state index contributed by atoms with van der Waals surface area (Å²) < 4.78 is 5.04. The van der Waals surface area contributed by atoms with Gasteiger partial charge in [-0.2, -0.15) is 0 Å². The number of ether oxygens (including phenoxy) is 1. The molecular weight excluding hydrogens is 266 g/mol. The molecule has 0 fully saturated rings. The number of nitrogens with one attached hydrogen (secondary N) is 1. The van der Waals surface area contributed by atoms with E-state index in [1.807, 2.05) is 0 Å². The van der Waals surface area contributed by atoms with E-state index < -0.39 is 42.0 Å². The van der Waals surface area contributed by atoms with Gasteiger partial charge in [-0.15, -0.1) is 0 Å². The van der Waals surface area contributed by atoms with E-state index in [1.54, 1.807) is 34.6 Å². The first-order valence-electron chi connectivity index (χ1n) is 6.37. The van der Waals surface area contributed by atoms with Gasteiger partial charge in [-0.3, -0.25) is 4.79 Å². The third-order valence-electron chi connectivity index (χ3n) is 2.37. The highest BCUT2D eigenvalue weighted by molar-refractivity contribution is 5.91. The van der Waals surface area contributed by atoms with Crippen LogP contribution in [0.5, 0.6) is 0 Å². The van der Waals surface area contributed by atoms with Gasteiger partial charge in [0.05, 0.1) is 6.04 Å². The van der Waals surface area contributed by atoms with E-state index in [-0.39, 0.29) is 5.92 Å². The number of aliphatic carboxylic acids is 1. The maximum Gasteiger partial charge on any atom is 0.408 e. The number of carboxylic acids is 1. The molecule has 0 spiro atoms. The largest absolute Gasteiger partial charge is 0.479 e. The molecule has 0 aliphatic rings. The van der Waals surface area contributed by atoms with Gasteiger partial charge >= 0.3 is 12.1 Å². The fourth-order valence-corrected chi connectivity index (χ4v) is 1.46. The van der Waals surface area contributed by atoms with Crippen LogP contribution in [0.3, 0.4) is 0 Å². The van der Waals surface area contributed by atoms with Crippen LogP contribution in [0.15, 0.2) is 0 Å². The molecule has 0 rings (SSSR count). The highest BCUT2D eigenvalue weighted by Crippen LogP contribution is 2.11. The van der Waals surface area contributed by atoms with Crippen LogP contribution >= 0.6 is 0 Å². The molecule has 0 aliphatic carbocycles. The van der Waals surface area contributed by atoms with E-state index in [0.717, 1.165) is 0 Å². The molecule has 20 heavy (non-hydrogen) atoms. The van der Waals surface area contributed by atoms with Crippen molar-refractivity contribution in [2.24, 2.45) is 5.92 Å². The number of hydrogen-bond donors (Lipinski definition) is 3. The normalized spacial score (nSPS) is 14.6. The van der Waals surface area contributed by atoms with Gasteiger partial charge in [0.15, 0.2) is 11.9 Å². The Balaban J connectivity index is 4.69. The summed E-state index contributed by atoms with van der Waals surface area (Å²) >= 11 is 0. The van der Waals surface area contributed by atoms with Crippen molar-refractivity contribution in [2.75, 3.05) is 0 Å². The summed E-state index contributed by atoms with van der Waals surface area (Å²) in [6.07, 6.45) is -3.09. The van der Waals surface area contributed by atoms with Crippen molar-refractivity contribution in [3.63, 3.8) is 0 Å². The second-order valence-electron chi connectivity index (χ2n) is 5.89. The second-order valence-corrected chi connectivity index (χ2v) is 5.89. The van der Waals surface area contributed by atoms with Crippen LogP contribution in [0.1, 0.15) is 41.0 Å². The van der Waals surface area contributed by atoms with Gasteiger partial charge in [0.1, 0.15) is 5.60 Å². The van der Waals surface area contributed by atoms with Crippen LogP contribution in [-0.4, -0.2) is 45.8 Å². The van der Waals surface area contributed by atoms with E-state index >= 15 is 0 Å². The fraction of sp³-hybridized carbons (Fsp3) is 0.769. The highest BCUT2D eigenvalue weighted by atomic mass is 16.6. The molecule has 0 saturated carbocycles. The molecule has 0 saturated heterocycles. The number of Topliss-reactive ketones (excluding diaryl/α,β-unsaturated/α-hetero) is 1.